The van der Waals surface area contributed by atoms with Crippen LogP contribution in [0.1, 0.15) is 0 Å². The summed E-state index contributed by atoms with van der Waals surface area (Å²) >= 11 is 1.62. The number of rotatable bonds is 5. The molecule has 0 unspecified atom stereocenters. The number of hydrogen-bond donors (Lipinski definition) is 0. The molecule has 0 amide bonds. The molecule has 6 aromatic heterocycles. The number of fused-ring (bicyclic) bond motifs is 4. The van der Waals surface area contributed by atoms with Gasteiger partial charge in [-0.05, 0) is 69.9 Å². The van der Waals surface area contributed by atoms with Crippen molar-refractivity contribution in [1.29, 1.82) is 0 Å². The van der Waals surface area contributed by atoms with Gasteiger partial charge in [-0.15, -0.1) is 11.3 Å². The van der Waals surface area contributed by atoms with Crippen molar-refractivity contribution in [2.45, 2.75) is 0 Å². The molecule has 0 atom stereocenters. The van der Waals surface area contributed by atoms with Gasteiger partial charge in [-0.25, -0.2) is 19.9 Å². The molecule has 6 nitrogen and oxygen atoms in total. The average Bonchev–Trinajstić information content (AvgIpc) is 3.52. The number of aromatic nitrogens is 6. The number of thiophene rings is 1. The van der Waals surface area contributed by atoms with Gasteiger partial charge in [0.25, 0.3) is 0 Å². The maximum atomic E-state index is 5.07. The second kappa shape index (κ2) is 11.3. The van der Waals surface area contributed by atoms with E-state index in [4.69, 9.17) is 19.9 Å². The summed E-state index contributed by atoms with van der Waals surface area (Å²) in [5, 5.41) is 3.46. The number of benzene rings is 3. The zero-order valence-electron chi connectivity index (χ0n) is 24.9. The predicted octanol–water partition coefficient (Wildman–Crippen LogP) is 9.91. The lowest BCUT2D eigenvalue weighted by Crippen LogP contribution is -1.93. The van der Waals surface area contributed by atoms with E-state index < -0.39 is 0 Å². The van der Waals surface area contributed by atoms with Gasteiger partial charge in [-0.3, -0.25) is 9.97 Å². The molecule has 9 aromatic rings. The van der Waals surface area contributed by atoms with Crippen molar-refractivity contribution in [2.75, 3.05) is 0 Å². The molecule has 0 saturated carbocycles. The third kappa shape index (κ3) is 4.99. The Bertz CT molecular complexity index is 2500. The molecule has 0 bridgehead atoms. The van der Waals surface area contributed by atoms with Crippen LogP contribution in [0.15, 0.2) is 146 Å². The van der Waals surface area contributed by atoms with Crippen LogP contribution in [0.25, 0.3) is 87.5 Å². The molecule has 0 radical (unpaired) electrons. The highest BCUT2D eigenvalue weighted by atomic mass is 32.1. The van der Waals surface area contributed by atoms with Gasteiger partial charge < -0.3 is 0 Å². The highest BCUT2D eigenvalue weighted by Crippen LogP contribution is 2.37. The molecule has 220 valence electrons. The number of hydrogen-bond acceptors (Lipinski definition) is 7. The van der Waals surface area contributed by atoms with Crippen molar-refractivity contribution in [1.82, 2.24) is 29.9 Å². The Morgan fingerprint density at radius 1 is 0.468 bits per heavy atom. The minimum atomic E-state index is 0.680. The summed E-state index contributed by atoms with van der Waals surface area (Å²) in [5.74, 6) is 0.680. The fraction of sp³-hybridized carbons (Fsp3) is 0. The SMILES string of the molecule is c1ccc(-c2cc(-c3ccc(-c4ncc5sc6ncc(-c7cccc8ccccc78)cc6c5n4)cc3)cc(-c3cccnc3)n2)nc1. The lowest BCUT2D eigenvalue weighted by Gasteiger charge is -2.10. The van der Waals surface area contributed by atoms with Crippen LogP contribution in [0.5, 0.6) is 0 Å². The van der Waals surface area contributed by atoms with Gasteiger partial charge >= 0.3 is 0 Å². The Balaban J connectivity index is 1.10. The van der Waals surface area contributed by atoms with Crippen LogP contribution < -0.4 is 0 Å². The Morgan fingerprint density at radius 2 is 1.32 bits per heavy atom. The van der Waals surface area contributed by atoms with Crippen LogP contribution in [-0.2, 0) is 0 Å². The lowest BCUT2D eigenvalue weighted by atomic mass is 9.99. The molecule has 7 heteroatoms. The highest BCUT2D eigenvalue weighted by Gasteiger charge is 2.14. The maximum absolute atomic E-state index is 5.07. The first kappa shape index (κ1) is 27.2. The first-order valence-corrected chi connectivity index (χ1v) is 16.1. The molecular formula is C40H24N6S. The molecule has 0 fully saturated rings. The van der Waals surface area contributed by atoms with E-state index in [1.165, 1.54) is 10.8 Å². The number of nitrogens with zero attached hydrogens (tertiary/aromatic N) is 6. The molecule has 3 aromatic carbocycles. The smallest absolute Gasteiger partial charge is 0.159 e. The van der Waals surface area contributed by atoms with Crippen LogP contribution >= 0.6 is 11.3 Å². The molecule has 0 spiro atoms. The maximum Gasteiger partial charge on any atom is 0.159 e. The summed E-state index contributed by atoms with van der Waals surface area (Å²) in [6.45, 7) is 0. The second-order valence-electron chi connectivity index (χ2n) is 11.3. The van der Waals surface area contributed by atoms with E-state index >= 15 is 0 Å². The van der Waals surface area contributed by atoms with Crippen LogP contribution in [0, 0.1) is 0 Å². The van der Waals surface area contributed by atoms with Crippen molar-refractivity contribution in [3.05, 3.63) is 146 Å². The minimum Gasteiger partial charge on any atom is -0.264 e. The van der Waals surface area contributed by atoms with Crippen molar-refractivity contribution in [3.63, 3.8) is 0 Å². The molecule has 0 aliphatic rings. The quantitative estimate of drug-likeness (QED) is 0.191. The molecule has 47 heavy (non-hydrogen) atoms. The zero-order chi connectivity index (χ0) is 31.2. The van der Waals surface area contributed by atoms with Crippen molar-refractivity contribution in [3.8, 4) is 56.3 Å². The molecule has 0 aliphatic heterocycles. The van der Waals surface area contributed by atoms with Gasteiger partial charge in [0.2, 0.25) is 0 Å². The monoisotopic (exact) mass is 620 g/mol. The van der Waals surface area contributed by atoms with E-state index in [1.807, 2.05) is 48.9 Å². The fourth-order valence-corrected chi connectivity index (χ4v) is 6.96. The Morgan fingerprint density at radius 3 is 2.19 bits per heavy atom. The summed E-state index contributed by atoms with van der Waals surface area (Å²) in [5.41, 5.74) is 9.62. The fourth-order valence-electron chi connectivity index (χ4n) is 6.03. The van der Waals surface area contributed by atoms with Crippen LogP contribution in [-0.4, -0.2) is 29.9 Å². The van der Waals surface area contributed by atoms with Gasteiger partial charge in [0.05, 0.1) is 27.3 Å². The molecule has 0 saturated heterocycles. The second-order valence-corrected chi connectivity index (χ2v) is 12.3. The van der Waals surface area contributed by atoms with Crippen molar-refractivity contribution in [2.24, 2.45) is 0 Å². The Labute approximate surface area is 274 Å². The van der Waals surface area contributed by atoms with Gasteiger partial charge in [0.15, 0.2) is 5.82 Å². The number of pyridine rings is 4. The van der Waals surface area contributed by atoms with Gasteiger partial charge in [0.1, 0.15) is 4.83 Å². The van der Waals surface area contributed by atoms with Crippen molar-refractivity contribution >= 4 is 42.5 Å². The third-order valence-electron chi connectivity index (χ3n) is 8.36. The van der Waals surface area contributed by atoms with E-state index in [1.54, 1.807) is 23.7 Å². The van der Waals surface area contributed by atoms with Gasteiger partial charge in [0, 0.05) is 53.1 Å². The van der Waals surface area contributed by atoms with Gasteiger partial charge in [-0.1, -0.05) is 72.8 Å². The molecule has 0 N–H and O–H groups in total. The topological polar surface area (TPSA) is 77.3 Å². The van der Waals surface area contributed by atoms with E-state index in [2.05, 4.69) is 94.9 Å². The summed E-state index contributed by atoms with van der Waals surface area (Å²) in [7, 11) is 0. The van der Waals surface area contributed by atoms with Crippen LogP contribution in [0.4, 0.5) is 0 Å². The van der Waals surface area contributed by atoms with Crippen LogP contribution in [0.3, 0.4) is 0 Å². The van der Waals surface area contributed by atoms with E-state index in [0.29, 0.717) is 5.82 Å². The average molecular weight is 621 g/mol. The minimum absolute atomic E-state index is 0.680. The predicted molar refractivity (Wildman–Crippen MR) is 191 cm³/mol. The van der Waals surface area contributed by atoms with Crippen molar-refractivity contribution < 1.29 is 0 Å². The first-order chi connectivity index (χ1) is 23.3. The standard InChI is InChI=1S/C40H24N6S/c1-2-10-31-26(7-1)8-5-11-32(31)30-19-33-38-37(47-40(33)44-23-30)24-43-39(46-38)27-15-13-25(14-16-27)29-20-35(28-9-6-17-41-22-28)45-36(21-29)34-12-3-4-18-42-34/h1-24H. The Kier molecular flexibility index (Phi) is 6.54. The zero-order valence-corrected chi connectivity index (χ0v) is 25.8. The summed E-state index contributed by atoms with van der Waals surface area (Å²) in [6.07, 6.45) is 9.27. The molecule has 6 heterocycles. The van der Waals surface area contributed by atoms with E-state index in [9.17, 15) is 0 Å². The normalized spacial score (nSPS) is 11.4. The van der Waals surface area contributed by atoms with Crippen LogP contribution in [0.2, 0.25) is 0 Å². The summed E-state index contributed by atoms with van der Waals surface area (Å²) in [6, 6.07) is 39.4. The Hall–Kier alpha value is -6.18. The summed E-state index contributed by atoms with van der Waals surface area (Å²) in [4.78, 5) is 29.4. The first-order valence-electron chi connectivity index (χ1n) is 15.2. The molecule has 0 aliphatic carbocycles. The van der Waals surface area contributed by atoms with Gasteiger partial charge in [-0.2, -0.15) is 0 Å². The summed E-state index contributed by atoms with van der Waals surface area (Å²) < 4.78 is 1.02. The third-order valence-corrected chi connectivity index (χ3v) is 9.39. The largest absolute Gasteiger partial charge is 0.264 e. The van der Waals surface area contributed by atoms with E-state index in [-0.39, 0.29) is 0 Å². The molecular weight excluding hydrogens is 597 g/mol. The van der Waals surface area contributed by atoms with E-state index in [0.717, 1.165) is 70.9 Å². The highest BCUT2D eigenvalue weighted by molar-refractivity contribution is 7.25. The lowest BCUT2D eigenvalue weighted by molar-refractivity contribution is 1.23. The molecule has 9 rings (SSSR count).